The normalized spacial score (nSPS) is 20.6. The van der Waals surface area contributed by atoms with Crippen molar-refractivity contribution in [1.29, 1.82) is 0 Å². The SMILES string of the molecule is NCC1CCCCN1S(=O)(=O)NCCc1ccc(Cl)cc1. The molecule has 0 spiro atoms. The van der Waals surface area contributed by atoms with E-state index in [1.54, 1.807) is 12.1 Å². The van der Waals surface area contributed by atoms with E-state index in [1.165, 1.54) is 4.31 Å². The third kappa shape index (κ3) is 4.66. The molecule has 0 aromatic heterocycles. The Morgan fingerprint density at radius 1 is 1.29 bits per heavy atom. The van der Waals surface area contributed by atoms with Crippen molar-refractivity contribution in [2.75, 3.05) is 19.6 Å². The first-order valence-electron chi connectivity index (χ1n) is 7.24. The zero-order chi connectivity index (χ0) is 15.3. The van der Waals surface area contributed by atoms with Crippen molar-refractivity contribution in [2.24, 2.45) is 5.73 Å². The largest absolute Gasteiger partial charge is 0.329 e. The van der Waals surface area contributed by atoms with Gasteiger partial charge >= 0.3 is 0 Å². The van der Waals surface area contributed by atoms with Crippen molar-refractivity contribution in [3.8, 4) is 0 Å². The molecule has 1 heterocycles. The molecule has 1 aromatic rings. The molecule has 1 unspecified atom stereocenters. The summed E-state index contributed by atoms with van der Waals surface area (Å²) in [5.41, 5.74) is 6.73. The summed E-state index contributed by atoms with van der Waals surface area (Å²) < 4.78 is 28.9. The predicted octanol–water partition coefficient (Wildman–Crippen LogP) is 1.53. The van der Waals surface area contributed by atoms with Crippen LogP contribution in [0.25, 0.3) is 0 Å². The highest BCUT2D eigenvalue weighted by atomic mass is 35.5. The van der Waals surface area contributed by atoms with E-state index in [0.29, 0.717) is 31.1 Å². The standard InChI is InChI=1S/C14H22ClN3O2S/c15-13-6-4-12(5-7-13)8-9-17-21(19,20)18-10-2-1-3-14(18)11-16/h4-7,14,17H,1-3,8-11,16H2. The molecule has 2 rings (SSSR count). The van der Waals surface area contributed by atoms with Gasteiger partial charge in [-0.15, -0.1) is 0 Å². The summed E-state index contributed by atoms with van der Waals surface area (Å²) >= 11 is 5.82. The summed E-state index contributed by atoms with van der Waals surface area (Å²) in [6, 6.07) is 7.34. The van der Waals surface area contributed by atoms with Gasteiger partial charge in [0.2, 0.25) is 0 Å². The molecular weight excluding hydrogens is 310 g/mol. The predicted molar refractivity (Wildman–Crippen MR) is 85.5 cm³/mol. The van der Waals surface area contributed by atoms with E-state index >= 15 is 0 Å². The monoisotopic (exact) mass is 331 g/mol. The molecule has 21 heavy (non-hydrogen) atoms. The molecule has 0 bridgehead atoms. The van der Waals surface area contributed by atoms with Crippen LogP contribution in [0.3, 0.4) is 0 Å². The van der Waals surface area contributed by atoms with Crippen LogP contribution in [0.5, 0.6) is 0 Å². The van der Waals surface area contributed by atoms with Gasteiger partial charge in [0.05, 0.1) is 0 Å². The lowest BCUT2D eigenvalue weighted by molar-refractivity contribution is 0.254. The minimum Gasteiger partial charge on any atom is -0.329 e. The molecule has 1 atom stereocenters. The fraction of sp³-hybridized carbons (Fsp3) is 0.571. The van der Waals surface area contributed by atoms with E-state index in [-0.39, 0.29) is 6.04 Å². The van der Waals surface area contributed by atoms with Gasteiger partial charge in [-0.25, -0.2) is 4.72 Å². The van der Waals surface area contributed by atoms with Gasteiger partial charge in [0.25, 0.3) is 10.2 Å². The fourth-order valence-corrected chi connectivity index (χ4v) is 4.19. The highest BCUT2D eigenvalue weighted by Gasteiger charge is 2.30. The van der Waals surface area contributed by atoms with Gasteiger partial charge in [0.1, 0.15) is 0 Å². The number of nitrogens with two attached hydrogens (primary N) is 1. The van der Waals surface area contributed by atoms with Gasteiger partial charge in [-0.2, -0.15) is 12.7 Å². The molecule has 1 aliphatic heterocycles. The Morgan fingerprint density at radius 2 is 2.00 bits per heavy atom. The summed E-state index contributed by atoms with van der Waals surface area (Å²) in [7, 11) is -3.45. The number of hydrogen-bond acceptors (Lipinski definition) is 3. The first-order valence-corrected chi connectivity index (χ1v) is 9.05. The minimum absolute atomic E-state index is 0.0771. The molecule has 0 aliphatic carbocycles. The van der Waals surface area contributed by atoms with Gasteiger partial charge in [-0.1, -0.05) is 30.2 Å². The number of halogens is 1. The molecule has 1 saturated heterocycles. The second kappa shape index (κ2) is 7.56. The summed E-state index contributed by atoms with van der Waals surface area (Å²) in [5, 5.41) is 0.679. The minimum atomic E-state index is -3.45. The molecule has 0 radical (unpaired) electrons. The van der Waals surface area contributed by atoms with Crippen molar-refractivity contribution >= 4 is 21.8 Å². The van der Waals surface area contributed by atoms with Gasteiger partial charge in [-0.05, 0) is 37.0 Å². The van der Waals surface area contributed by atoms with Crippen LogP contribution in [0, 0.1) is 0 Å². The molecule has 1 aliphatic rings. The van der Waals surface area contributed by atoms with E-state index in [1.807, 2.05) is 12.1 Å². The lowest BCUT2D eigenvalue weighted by Gasteiger charge is -2.33. The fourth-order valence-electron chi connectivity index (χ4n) is 2.58. The van der Waals surface area contributed by atoms with Crippen LogP contribution < -0.4 is 10.5 Å². The van der Waals surface area contributed by atoms with Crippen LogP contribution in [0.15, 0.2) is 24.3 Å². The van der Waals surface area contributed by atoms with Crippen LogP contribution in [-0.4, -0.2) is 38.4 Å². The smallest absolute Gasteiger partial charge is 0.279 e. The second-order valence-electron chi connectivity index (χ2n) is 5.27. The Bertz CT molecular complexity index is 548. The topological polar surface area (TPSA) is 75.4 Å². The third-order valence-electron chi connectivity index (χ3n) is 3.77. The van der Waals surface area contributed by atoms with Crippen molar-refractivity contribution in [2.45, 2.75) is 31.7 Å². The van der Waals surface area contributed by atoms with E-state index < -0.39 is 10.2 Å². The molecule has 1 aromatic carbocycles. The van der Waals surface area contributed by atoms with Gasteiger partial charge in [0.15, 0.2) is 0 Å². The number of nitrogens with zero attached hydrogens (tertiary/aromatic N) is 1. The molecule has 3 N–H and O–H groups in total. The third-order valence-corrected chi connectivity index (χ3v) is 5.68. The Morgan fingerprint density at radius 3 is 2.67 bits per heavy atom. The van der Waals surface area contributed by atoms with Gasteiger partial charge in [-0.3, -0.25) is 0 Å². The quantitative estimate of drug-likeness (QED) is 0.830. The van der Waals surface area contributed by atoms with Crippen LogP contribution >= 0.6 is 11.6 Å². The first kappa shape index (κ1) is 16.7. The summed E-state index contributed by atoms with van der Waals surface area (Å²) in [5.74, 6) is 0. The highest BCUT2D eigenvalue weighted by Crippen LogP contribution is 2.18. The maximum atomic E-state index is 12.3. The molecule has 7 heteroatoms. The lowest BCUT2D eigenvalue weighted by Crippen LogP contribution is -2.51. The number of nitrogens with one attached hydrogen (secondary N) is 1. The molecule has 0 amide bonds. The van der Waals surface area contributed by atoms with Crippen LogP contribution in [0.2, 0.25) is 5.02 Å². The van der Waals surface area contributed by atoms with Crippen molar-refractivity contribution < 1.29 is 8.42 Å². The van der Waals surface area contributed by atoms with Crippen LogP contribution in [-0.2, 0) is 16.6 Å². The Labute approximate surface area is 131 Å². The average Bonchev–Trinajstić information content (AvgIpc) is 2.49. The Hall–Kier alpha value is -0.660. The van der Waals surface area contributed by atoms with Gasteiger partial charge in [0, 0.05) is 30.7 Å². The highest BCUT2D eigenvalue weighted by molar-refractivity contribution is 7.87. The first-order chi connectivity index (χ1) is 10.0. The van der Waals surface area contributed by atoms with Crippen molar-refractivity contribution in [1.82, 2.24) is 9.03 Å². The Kier molecular flexibility index (Phi) is 6.01. The number of hydrogen-bond donors (Lipinski definition) is 2. The van der Waals surface area contributed by atoms with E-state index in [0.717, 1.165) is 24.8 Å². The zero-order valence-electron chi connectivity index (χ0n) is 12.0. The lowest BCUT2D eigenvalue weighted by atomic mass is 10.1. The molecular formula is C14H22ClN3O2S. The van der Waals surface area contributed by atoms with Crippen LogP contribution in [0.1, 0.15) is 24.8 Å². The summed E-state index contributed by atoms with van der Waals surface area (Å²) in [6.07, 6.45) is 3.42. The number of rotatable bonds is 6. The average molecular weight is 332 g/mol. The van der Waals surface area contributed by atoms with E-state index in [4.69, 9.17) is 17.3 Å². The maximum absolute atomic E-state index is 12.3. The molecule has 118 valence electrons. The summed E-state index contributed by atoms with van der Waals surface area (Å²) in [6.45, 7) is 1.30. The van der Waals surface area contributed by atoms with Crippen molar-refractivity contribution in [3.63, 3.8) is 0 Å². The number of benzene rings is 1. The zero-order valence-corrected chi connectivity index (χ0v) is 13.5. The Balaban J connectivity index is 1.90. The van der Waals surface area contributed by atoms with Gasteiger partial charge < -0.3 is 5.73 Å². The summed E-state index contributed by atoms with van der Waals surface area (Å²) in [4.78, 5) is 0. The maximum Gasteiger partial charge on any atom is 0.279 e. The molecule has 1 fully saturated rings. The van der Waals surface area contributed by atoms with Crippen LogP contribution in [0.4, 0.5) is 0 Å². The van der Waals surface area contributed by atoms with Crippen molar-refractivity contribution in [3.05, 3.63) is 34.9 Å². The molecule has 5 nitrogen and oxygen atoms in total. The second-order valence-corrected chi connectivity index (χ2v) is 7.42. The number of piperidine rings is 1. The van der Waals surface area contributed by atoms with E-state index in [9.17, 15) is 8.42 Å². The van der Waals surface area contributed by atoms with E-state index in [2.05, 4.69) is 4.72 Å². The molecule has 0 saturated carbocycles.